The van der Waals surface area contributed by atoms with Crippen LogP contribution in [0.1, 0.15) is 46.5 Å². The lowest BCUT2D eigenvalue weighted by atomic mass is 9.97. The van der Waals surface area contributed by atoms with Gasteiger partial charge in [-0.25, -0.2) is 0 Å². The van der Waals surface area contributed by atoms with Crippen molar-refractivity contribution in [3.8, 4) is 0 Å². The minimum absolute atomic E-state index is 0.128. The van der Waals surface area contributed by atoms with E-state index in [0.29, 0.717) is 18.5 Å². The van der Waals surface area contributed by atoms with E-state index in [-0.39, 0.29) is 11.4 Å². The van der Waals surface area contributed by atoms with Crippen LogP contribution in [0.25, 0.3) is 0 Å². The molecule has 2 fully saturated rings. The molecule has 1 aliphatic heterocycles. The maximum Gasteiger partial charge on any atom is 0.234 e. The van der Waals surface area contributed by atoms with E-state index in [1.807, 2.05) is 27.8 Å². The summed E-state index contributed by atoms with van der Waals surface area (Å²) in [7, 11) is 1.83. The Morgan fingerprint density at radius 3 is 2.35 bits per heavy atom. The van der Waals surface area contributed by atoms with E-state index in [9.17, 15) is 4.79 Å². The van der Waals surface area contributed by atoms with Crippen LogP contribution < -0.4 is 16.0 Å². The first-order valence-corrected chi connectivity index (χ1v) is 8.86. The number of guanidine groups is 1. The van der Waals surface area contributed by atoms with Crippen LogP contribution in [-0.4, -0.2) is 61.6 Å². The molecular formula is C17H33N5O. The Hall–Kier alpha value is -1.30. The molecule has 2 aliphatic rings. The average molecular weight is 323 g/mol. The second-order valence-electron chi connectivity index (χ2n) is 7.89. The third kappa shape index (κ3) is 7.20. The summed E-state index contributed by atoms with van der Waals surface area (Å²) in [5.41, 5.74) is -0.149. The number of piperidine rings is 1. The Morgan fingerprint density at radius 2 is 1.83 bits per heavy atom. The monoisotopic (exact) mass is 323 g/mol. The van der Waals surface area contributed by atoms with Gasteiger partial charge in [0.1, 0.15) is 0 Å². The minimum atomic E-state index is -0.149. The molecule has 2 rings (SSSR count). The van der Waals surface area contributed by atoms with Crippen molar-refractivity contribution in [3.63, 3.8) is 0 Å². The van der Waals surface area contributed by atoms with Crippen LogP contribution in [0.5, 0.6) is 0 Å². The molecule has 0 unspecified atom stereocenters. The van der Waals surface area contributed by atoms with Crippen LogP contribution in [0.15, 0.2) is 4.99 Å². The van der Waals surface area contributed by atoms with E-state index in [4.69, 9.17) is 0 Å². The van der Waals surface area contributed by atoms with Crippen molar-refractivity contribution in [2.75, 3.05) is 33.2 Å². The molecule has 0 spiro atoms. The summed E-state index contributed by atoms with van der Waals surface area (Å²) in [6, 6.07) is 0.629. The number of rotatable bonds is 5. The van der Waals surface area contributed by atoms with Gasteiger partial charge in [0.2, 0.25) is 5.91 Å². The van der Waals surface area contributed by atoms with Gasteiger partial charge in [-0.15, -0.1) is 0 Å². The first kappa shape index (κ1) is 18.0. The number of aliphatic imine (C=N–C) groups is 1. The van der Waals surface area contributed by atoms with Gasteiger partial charge in [-0.2, -0.15) is 0 Å². The highest BCUT2D eigenvalue weighted by Gasteiger charge is 2.24. The number of carbonyl (C=O) groups excluding carboxylic acids is 1. The molecule has 0 aromatic carbocycles. The van der Waals surface area contributed by atoms with Crippen molar-refractivity contribution in [1.29, 1.82) is 0 Å². The number of carbonyl (C=O) groups is 1. The summed E-state index contributed by atoms with van der Waals surface area (Å²) in [6.07, 6.45) is 4.79. The fourth-order valence-corrected chi connectivity index (χ4v) is 2.87. The molecule has 0 atom stereocenters. The Morgan fingerprint density at radius 1 is 1.17 bits per heavy atom. The zero-order valence-corrected chi connectivity index (χ0v) is 15.1. The molecule has 0 aromatic heterocycles. The van der Waals surface area contributed by atoms with Crippen LogP contribution in [0, 0.1) is 5.92 Å². The first-order valence-electron chi connectivity index (χ1n) is 8.86. The largest absolute Gasteiger partial charge is 0.356 e. The molecule has 3 N–H and O–H groups in total. The topological polar surface area (TPSA) is 68.8 Å². The number of hydrogen-bond donors (Lipinski definition) is 3. The van der Waals surface area contributed by atoms with Crippen molar-refractivity contribution < 1.29 is 4.79 Å². The molecule has 1 amide bonds. The van der Waals surface area contributed by atoms with Gasteiger partial charge in [0.15, 0.2) is 5.96 Å². The molecule has 0 bridgehead atoms. The third-order valence-electron chi connectivity index (χ3n) is 4.29. The summed E-state index contributed by atoms with van der Waals surface area (Å²) in [5.74, 6) is 1.72. The van der Waals surface area contributed by atoms with Crippen molar-refractivity contribution >= 4 is 11.9 Å². The maximum absolute atomic E-state index is 12.0. The molecule has 1 saturated heterocycles. The van der Waals surface area contributed by atoms with E-state index < -0.39 is 0 Å². The fourth-order valence-electron chi connectivity index (χ4n) is 2.87. The molecule has 132 valence electrons. The second kappa shape index (κ2) is 7.99. The van der Waals surface area contributed by atoms with E-state index in [1.165, 1.54) is 12.8 Å². The molecular weight excluding hydrogens is 290 g/mol. The van der Waals surface area contributed by atoms with Gasteiger partial charge in [-0.1, -0.05) is 0 Å². The lowest BCUT2D eigenvalue weighted by Crippen LogP contribution is -2.48. The van der Waals surface area contributed by atoms with Crippen LogP contribution in [0.3, 0.4) is 0 Å². The number of hydrogen-bond acceptors (Lipinski definition) is 3. The number of amides is 1. The summed E-state index contributed by atoms with van der Waals surface area (Å²) in [4.78, 5) is 18.5. The number of nitrogens with one attached hydrogen (secondary N) is 3. The van der Waals surface area contributed by atoms with Gasteiger partial charge in [-0.3, -0.25) is 14.7 Å². The molecule has 1 heterocycles. The normalized spacial score (nSPS) is 21.1. The Bertz CT molecular complexity index is 417. The van der Waals surface area contributed by atoms with Crippen LogP contribution in [-0.2, 0) is 4.79 Å². The van der Waals surface area contributed by atoms with Crippen molar-refractivity contribution in [2.24, 2.45) is 10.9 Å². The van der Waals surface area contributed by atoms with Crippen molar-refractivity contribution in [2.45, 2.75) is 58.0 Å². The van der Waals surface area contributed by atoms with Gasteiger partial charge >= 0.3 is 0 Å². The van der Waals surface area contributed by atoms with Crippen molar-refractivity contribution in [3.05, 3.63) is 0 Å². The van der Waals surface area contributed by atoms with Gasteiger partial charge in [0.25, 0.3) is 0 Å². The zero-order chi connectivity index (χ0) is 16.9. The van der Waals surface area contributed by atoms with Gasteiger partial charge in [0, 0.05) is 25.2 Å². The summed E-state index contributed by atoms with van der Waals surface area (Å²) in [6.45, 7) is 9.54. The number of nitrogens with zero attached hydrogens (tertiary/aromatic N) is 2. The Kier molecular flexibility index (Phi) is 6.27. The fraction of sp³-hybridized carbons (Fsp3) is 0.882. The average Bonchev–Trinajstić information content (AvgIpc) is 3.27. The van der Waals surface area contributed by atoms with E-state index >= 15 is 0 Å². The highest BCUT2D eigenvalue weighted by molar-refractivity contribution is 5.80. The smallest absolute Gasteiger partial charge is 0.234 e. The standard InChI is InChI=1S/C17H33N5O/c1-17(2,3)21-15(23)12-22-9-7-13(8-10-22)11-19-16(18-4)20-14-5-6-14/h13-14H,5-12H2,1-4H3,(H,21,23)(H2,18,19,20). The van der Waals surface area contributed by atoms with Crippen LogP contribution in [0.2, 0.25) is 0 Å². The maximum atomic E-state index is 12.0. The molecule has 23 heavy (non-hydrogen) atoms. The minimum Gasteiger partial charge on any atom is -0.356 e. The third-order valence-corrected chi connectivity index (χ3v) is 4.29. The number of likely N-dealkylation sites (tertiary alicyclic amines) is 1. The summed E-state index contributed by atoms with van der Waals surface area (Å²) < 4.78 is 0. The highest BCUT2D eigenvalue weighted by Crippen LogP contribution is 2.19. The van der Waals surface area contributed by atoms with E-state index in [2.05, 4.69) is 25.8 Å². The van der Waals surface area contributed by atoms with Crippen LogP contribution >= 0.6 is 0 Å². The summed E-state index contributed by atoms with van der Waals surface area (Å²) >= 11 is 0. The van der Waals surface area contributed by atoms with Crippen molar-refractivity contribution in [1.82, 2.24) is 20.9 Å². The zero-order valence-electron chi connectivity index (χ0n) is 15.1. The predicted molar refractivity (Wildman–Crippen MR) is 94.6 cm³/mol. The Labute approximate surface area is 140 Å². The lowest BCUT2D eigenvalue weighted by molar-refractivity contribution is -0.124. The quantitative estimate of drug-likeness (QED) is 0.520. The highest BCUT2D eigenvalue weighted by atomic mass is 16.2. The molecule has 6 nitrogen and oxygen atoms in total. The molecule has 1 saturated carbocycles. The molecule has 6 heteroatoms. The van der Waals surface area contributed by atoms with Gasteiger partial charge in [-0.05, 0) is 65.5 Å². The first-order chi connectivity index (χ1) is 10.9. The lowest BCUT2D eigenvalue weighted by Gasteiger charge is -2.32. The van der Waals surface area contributed by atoms with E-state index in [0.717, 1.165) is 38.4 Å². The van der Waals surface area contributed by atoms with Crippen LogP contribution in [0.4, 0.5) is 0 Å². The van der Waals surface area contributed by atoms with Gasteiger partial charge < -0.3 is 16.0 Å². The second-order valence-corrected chi connectivity index (χ2v) is 7.89. The molecule has 1 aliphatic carbocycles. The Balaban J connectivity index is 1.62. The van der Waals surface area contributed by atoms with E-state index in [1.54, 1.807) is 0 Å². The predicted octanol–water partition coefficient (Wildman–Crippen LogP) is 0.941. The SMILES string of the molecule is CN=C(NCC1CCN(CC(=O)NC(C)(C)C)CC1)NC1CC1. The molecule has 0 radical (unpaired) electrons. The van der Waals surface area contributed by atoms with Gasteiger partial charge in [0.05, 0.1) is 6.54 Å². The summed E-state index contributed by atoms with van der Waals surface area (Å²) in [5, 5.41) is 9.88. The molecule has 0 aromatic rings.